The molecule has 0 aliphatic rings. The van der Waals surface area contributed by atoms with Gasteiger partial charge < -0.3 is 9.97 Å². The van der Waals surface area contributed by atoms with E-state index in [4.69, 9.17) is 9.97 Å². The van der Waals surface area contributed by atoms with Gasteiger partial charge >= 0.3 is 21.1 Å². The fourth-order valence-electron chi connectivity index (χ4n) is 2.59. The molecule has 0 saturated carbocycles. The zero-order chi connectivity index (χ0) is 16.9. The molecule has 4 nitrogen and oxygen atoms in total. The predicted molar refractivity (Wildman–Crippen MR) is 95.4 cm³/mol. The molecular formula is C21H14N4Pt. The topological polar surface area (TPSA) is 51.6 Å². The van der Waals surface area contributed by atoms with Crippen molar-refractivity contribution in [3.8, 4) is 22.5 Å². The van der Waals surface area contributed by atoms with Gasteiger partial charge in [-0.1, -0.05) is 24.3 Å². The largest absolute Gasteiger partial charge is 2.00 e. The second kappa shape index (κ2) is 8.59. The maximum absolute atomic E-state index is 4.72. The van der Waals surface area contributed by atoms with E-state index in [9.17, 15) is 0 Å². The summed E-state index contributed by atoms with van der Waals surface area (Å²) >= 11 is 0. The van der Waals surface area contributed by atoms with Crippen LogP contribution in [-0.2, 0) is 27.5 Å². The summed E-state index contributed by atoms with van der Waals surface area (Å²) in [5.41, 5.74) is 5.57. The van der Waals surface area contributed by atoms with Crippen LogP contribution < -0.4 is 0 Å². The standard InChI is InChI=1S/C21H14N4.Pt/c1-3-18(24-20(5-1)16-7-11-22-12-8-16)15-19-4-2-6-21(25-19)17-9-13-23-14-10-17;/h1-7,9,11-14H,15H2;/q-2;+2. The molecule has 4 aromatic rings. The van der Waals surface area contributed by atoms with Gasteiger partial charge in [-0.05, 0) is 48.3 Å². The van der Waals surface area contributed by atoms with Crippen LogP contribution in [0.3, 0.4) is 0 Å². The van der Waals surface area contributed by atoms with Crippen LogP contribution in [0.4, 0.5) is 0 Å². The van der Waals surface area contributed by atoms with E-state index in [1.807, 2.05) is 48.5 Å². The number of hydrogen-bond acceptors (Lipinski definition) is 4. The monoisotopic (exact) mass is 517 g/mol. The van der Waals surface area contributed by atoms with Gasteiger partial charge in [-0.15, -0.1) is 12.1 Å². The normalized spacial score (nSPS) is 10.2. The average Bonchev–Trinajstić information content (AvgIpc) is 2.70. The van der Waals surface area contributed by atoms with Crippen LogP contribution in [-0.4, -0.2) is 19.9 Å². The first-order chi connectivity index (χ1) is 12.4. The zero-order valence-corrected chi connectivity index (χ0v) is 16.0. The Balaban J connectivity index is 0.00000196. The number of aromatic nitrogens is 4. The molecule has 0 aromatic carbocycles. The molecule has 4 aromatic heterocycles. The van der Waals surface area contributed by atoms with Gasteiger partial charge in [0.2, 0.25) is 0 Å². The van der Waals surface area contributed by atoms with Crippen molar-refractivity contribution in [2.45, 2.75) is 6.42 Å². The first-order valence-corrected chi connectivity index (χ1v) is 7.94. The second-order valence-electron chi connectivity index (χ2n) is 5.51. The summed E-state index contributed by atoms with van der Waals surface area (Å²) in [6, 6.07) is 22.0. The van der Waals surface area contributed by atoms with Gasteiger partial charge in [-0.3, -0.25) is 9.97 Å². The molecule has 26 heavy (non-hydrogen) atoms. The Morgan fingerprint density at radius 2 is 1.15 bits per heavy atom. The van der Waals surface area contributed by atoms with Crippen molar-refractivity contribution < 1.29 is 21.1 Å². The molecule has 0 spiro atoms. The Hall–Kier alpha value is -2.71. The van der Waals surface area contributed by atoms with Gasteiger partial charge in [-0.25, -0.2) is 0 Å². The van der Waals surface area contributed by atoms with Crippen molar-refractivity contribution in [3.05, 3.63) is 96.8 Å². The molecule has 0 radical (unpaired) electrons. The minimum atomic E-state index is 0. The van der Waals surface area contributed by atoms with Crippen LogP contribution >= 0.6 is 0 Å². The van der Waals surface area contributed by atoms with E-state index in [0.29, 0.717) is 6.42 Å². The van der Waals surface area contributed by atoms with Gasteiger partial charge in [0.05, 0.1) is 0 Å². The Kier molecular flexibility index (Phi) is 5.98. The van der Waals surface area contributed by atoms with Gasteiger partial charge in [0, 0.05) is 17.8 Å². The molecule has 0 aliphatic carbocycles. The molecule has 0 aliphatic heterocycles. The minimum Gasteiger partial charge on any atom is -0.317 e. The van der Waals surface area contributed by atoms with Crippen molar-refractivity contribution in [2.75, 3.05) is 0 Å². The summed E-state index contributed by atoms with van der Waals surface area (Å²) in [6.45, 7) is 0. The van der Waals surface area contributed by atoms with Crippen LogP contribution in [0.1, 0.15) is 11.4 Å². The first-order valence-electron chi connectivity index (χ1n) is 7.94. The van der Waals surface area contributed by atoms with Crippen LogP contribution in [0.5, 0.6) is 0 Å². The van der Waals surface area contributed by atoms with Gasteiger partial charge in [-0.2, -0.15) is 23.3 Å². The third kappa shape index (κ3) is 4.27. The summed E-state index contributed by atoms with van der Waals surface area (Å²) in [4.78, 5) is 17.4. The molecule has 0 saturated heterocycles. The third-order valence-corrected chi connectivity index (χ3v) is 3.77. The summed E-state index contributed by atoms with van der Waals surface area (Å²) in [5, 5.41) is 0. The predicted octanol–water partition coefficient (Wildman–Crippen LogP) is 3.79. The van der Waals surface area contributed by atoms with E-state index in [1.165, 1.54) is 0 Å². The van der Waals surface area contributed by atoms with Crippen LogP contribution in [0.2, 0.25) is 0 Å². The molecular weight excluding hydrogens is 503 g/mol. The number of hydrogen-bond donors (Lipinski definition) is 0. The molecule has 4 heterocycles. The molecule has 5 heteroatoms. The van der Waals surface area contributed by atoms with Gasteiger partial charge in [0.15, 0.2) is 0 Å². The third-order valence-electron chi connectivity index (χ3n) is 3.77. The molecule has 128 valence electrons. The number of pyridine rings is 4. The Labute approximate surface area is 166 Å². The maximum Gasteiger partial charge on any atom is 2.00 e. The molecule has 0 atom stereocenters. The summed E-state index contributed by atoms with van der Waals surface area (Å²) in [6.07, 6.45) is 7.46. The van der Waals surface area contributed by atoms with Crippen LogP contribution in [0.25, 0.3) is 22.5 Å². The minimum absolute atomic E-state index is 0. The molecule has 0 bridgehead atoms. The Morgan fingerprint density at radius 1 is 0.654 bits per heavy atom. The quantitative estimate of drug-likeness (QED) is 0.387. The summed E-state index contributed by atoms with van der Waals surface area (Å²) in [5.74, 6) is 0. The van der Waals surface area contributed by atoms with Crippen molar-refractivity contribution in [3.63, 3.8) is 0 Å². The van der Waals surface area contributed by atoms with Crippen molar-refractivity contribution in [1.29, 1.82) is 0 Å². The van der Waals surface area contributed by atoms with E-state index in [0.717, 1.165) is 33.9 Å². The number of rotatable bonds is 4. The molecule has 0 amide bonds. The molecule has 0 unspecified atom stereocenters. The maximum atomic E-state index is 4.72. The Morgan fingerprint density at radius 3 is 1.58 bits per heavy atom. The smallest absolute Gasteiger partial charge is 0.317 e. The fraction of sp³-hybridized carbons (Fsp3) is 0.0476. The molecule has 0 N–H and O–H groups in total. The molecule has 0 fully saturated rings. The van der Waals surface area contributed by atoms with Gasteiger partial charge in [0.1, 0.15) is 0 Å². The van der Waals surface area contributed by atoms with E-state index < -0.39 is 0 Å². The zero-order valence-electron chi connectivity index (χ0n) is 13.7. The van der Waals surface area contributed by atoms with Crippen molar-refractivity contribution in [1.82, 2.24) is 19.9 Å². The van der Waals surface area contributed by atoms with E-state index in [-0.39, 0.29) is 21.1 Å². The SMILES string of the molecule is [Pt+2].[c-]1cnccc1-c1cccc(Cc2cccc(-c3[c-]cncc3)n2)n1. The fourth-order valence-corrected chi connectivity index (χ4v) is 2.59. The molecule has 4 rings (SSSR count). The average molecular weight is 517 g/mol. The second-order valence-corrected chi connectivity index (χ2v) is 5.51. The summed E-state index contributed by atoms with van der Waals surface area (Å²) < 4.78 is 0. The van der Waals surface area contributed by atoms with Crippen molar-refractivity contribution in [2.24, 2.45) is 0 Å². The van der Waals surface area contributed by atoms with Crippen LogP contribution in [0.15, 0.2) is 73.3 Å². The Bertz CT molecular complexity index is 894. The van der Waals surface area contributed by atoms with Gasteiger partial charge in [0.25, 0.3) is 0 Å². The van der Waals surface area contributed by atoms with E-state index >= 15 is 0 Å². The first kappa shape index (κ1) is 18.1. The van der Waals surface area contributed by atoms with Crippen molar-refractivity contribution >= 4 is 0 Å². The van der Waals surface area contributed by atoms with Crippen LogP contribution in [0, 0.1) is 12.1 Å². The van der Waals surface area contributed by atoms with E-state index in [1.54, 1.807) is 24.8 Å². The number of nitrogens with zero attached hydrogens (tertiary/aromatic N) is 4. The van der Waals surface area contributed by atoms with E-state index in [2.05, 4.69) is 22.1 Å². The summed E-state index contributed by atoms with van der Waals surface area (Å²) in [7, 11) is 0.